The average Bonchev–Trinajstić information content (AvgIpc) is 2.60. The summed E-state index contributed by atoms with van der Waals surface area (Å²) in [5, 5.41) is 10.5. The zero-order valence-electron chi connectivity index (χ0n) is 13.0. The molecular weight excluding hydrogens is 296 g/mol. The lowest BCUT2D eigenvalue weighted by Gasteiger charge is -2.34. The molecular formula is C19H21F2NO. The fraction of sp³-hybridized carbons (Fsp3) is 0.368. The normalized spacial score (nSPS) is 18.0. The highest BCUT2D eigenvalue weighted by molar-refractivity contribution is 5.20. The first-order valence-corrected chi connectivity index (χ1v) is 8.03. The molecule has 1 fully saturated rings. The van der Waals surface area contributed by atoms with Gasteiger partial charge in [-0.05, 0) is 43.5 Å². The number of rotatable bonds is 4. The predicted octanol–water partition coefficient (Wildman–Crippen LogP) is 3.91. The van der Waals surface area contributed by atoms with Gasteiger partial charge in [0.15, 0.2) is 11.6 Å². The van der Waals surface area contributed by atoms with Crippen molar-refractivity contribution in [3.8, 4) is 0 Å². The maximum atomic E-state index is 13.7. The minimum Gasteiger partial charge on any atom is -0.388 e. The molecule has 0 radical (unpaired) electrons. The molecule has 122 valence electrons. The number of halogens is 2. The molecule has 0 saturated carbocycles. The molecule has 0 aliphatic carbocycles. The quantitative estimate of drug-likeness (QED) is 0.924. The Hall–Kier alpha value is -1.78. The molecule has 2 nitrogen and oxygen atoms in total. The third kappa shape index (κ3) is 3.77. The van der Waals surface area contributed by atoms with Crippen LogP contribution in [0.15, 0.2) is 48.5 Å². The van der Waals surface area contributed by atoms with E-state index in [0.29, 0.717) is 12.1 Å². The third-order valence-corrected chi connectivity index (χ3v) is 4.65. The van der Waals surface area contributed by atoms with Gasteiger partial charge in [0, 0.05) is 12.1 Å². The smallest absolute Gasteiger partial charge is 0.163 e. The minimum absolute atomic E-state index is 0.214. The number of piperidine rings is 1. The predicted molar refractivity (Wildman–Crippen MR) is 85.8 cm³/mol. The van der Waals surface area contributed by atoms with Gasteiger partial charge >= 0.3 is 0 Å². The minimum atomic E-state index is -0.795. The number of aliphatic hydroxyl groups is 1. The molecule has 1 atom stereocenters. The van der Waals surface area contributed by atoms with Gasteiger partial charge in [-0.25, -0.2) is 8.78 Å². The molecule has 1 N–H and O–H groups in total. The molecule has 1 aliphatic heterocycles. The SMILES string of the molecule is OC(c1ccccc1)C1CCN(Cc2cccc(F)c2F)CC1. The fourth-order valence-electron chi connectivity index (χ4n) is 3.26. The van der Waals surface area contributed by atoms with Crippen LogP contribution in [0.4, 0.5) is 8.78 Å². The van der Waals surface area contributed by atoms with Gasteiger partial charge in [-0.2, -0.15) is 0 Å². The molecule has 1 saturated heterocycles. The number of benzene rings is 2. The molecule has 0 aromatic heterocycles. The van der Waals surface area contributed by atoms with Gasteiger partial charge in [0.2, 0.25) is 0 Å². The Morgan fingerprint density at radius 3 is 2.39 bits per heavy atom. The van der Waals surface area contributed by atoms with Crippen LogP contribution in [-0.2, 0) is 6.54 Å². The van der Waals surface area contributed by atoms with Crippen molar-refractivity contribution in [2.45, 2.75) is 25.5 Å². The highest BCUT2D eigenvalue weighted by Crippen LogP contribution is 2.31. The molecule has 0 spiro atoms. The maximum Gasteiger partial charge on any atom is 0.163 e. The maximum absolute atomic E-state index is 13.7. The van der Waals surface area contributed by atoms with E-state index < -0.39 is 17.7 Å². The van der Waals surface area contributed by atoms with Gasteiger partial charge in [0.1, 0.15) is 0 Å². The molecule has 0 bridgehead atoms. The molecule has 3 rings (SSSR count). The zero-order chi connectivity index (χ0) is 16.2. The topological polar surface area (TPSA) is 23.5 Å². The van der Waals surface area contributed by atoms with E-state index >= 15 is 0 Å². The zero-order valence-corrected chi connectivity index (χ0v) is 13.0. The van der Waals surface area contributed by atoms with Gasteiger partial charge in [-0.15, -0.1) is 0 Å². The van der Waals surface area contributed by atoms with Crippen LogP contribution in [0.25, 0.3) is 0 Å². The summed E-state index contributed by atoms with van der Waals surface area (Å²) < 4.78 is 27.0. The van der Waals surface area contributed by atoms with Crippen molar-refractivity contribution >= 4 is 0 Å². The average molecular weight is 317 g/mol. The third-order valence-electron chi connectivity index (χ3n) is 4.65. The summed E-state index contributed by atoms with van der Waals surface area (Å²) in [6.07, 6.45) is 1.25. The first kappa shape index (κ1) is 16.1. The largest absolute Gasteiger partial charge is 0.388 e. The molecule has 2 aromatic rings. The summed E-state index contributed by atoms with van der Waals surface area (Å²) >= 11 is 0. The molecule has 2 aromatic carbocycles. The molecule has 23 heavy (non-hydrogen) atoms. The van der Waals surface area contributed by atoms with Crippen LogP contribution in [0.1, 0.15) is 30.1 Å². The van der Waals surface area contributed by atoms with Gasteiger partial charge in [0.25, 0.3) is 0 Å². The van der Waals surface area contributed by atoms with Crippen molar-refractivity contribution in [2.75, 3.05) is 13.1 Å². The van der Waals surface area contributed by atoms with Gasteiger partial charge in [-0.3, -0.25) is 4.90 Å². The van der Waals surface area contributed by atoms with E-state index in [1.165, 1.54) is 0 Å². The van der Waals surface area contributed by atoms with E-state index in [2.05, 4.69) is 4.90 Å². The van der Waals surface area contributed by atoms with E-state index in [1.54, 1.807) is 12.1 Å². The Labute approximate surface area is 135 Å². The Balaban J connectivity index is 1.57. The Bertz CT molecular complexity index is 639. The van der Waals surface area contributed by atoms with Crippen LogP contribution in [0, 0.1) is 17.6 Å². The monoisotopic (exact) mass is 317 g/mol. The number of hydrogen-bond acceptors (Lipinski definition) is 2. The van der Waals surface area contributed by atoms with E-state index in [9.17, 15) is 13.9 Å². The van der Waals surface area contributed by atoms with Crippen molar-refractivity contribution in [3.63, 3.8) is 0 Å². The molecule has 1 unspecified atom stereocenters. The van der Waals surface area contributed by atoms with Crippen LogP contribution in [0.5, 0.6) is 0 Å². The van der Waals surface area contributed by atoms with Gasteiger partial charge in [-0.1, -0.05) is 42.5 Å². The number of hydrogen-bond donors (Lipinski definition) is 1. The summed E-state index contributed by atoms with van der Waals surface area (Å²) in [5.74, 6) is -1.33. The van der Waals surface area contributed by atoms with Crippen LogP contribution >= 0.6 is 0 Å². The summed E-state index contributed by atoms with van der Waals surface area (Å²) in [6, 6.07) is 14.0. The second kappa shape index (κ2) is 7.20. The summed E-state index contributed by atoms with van der Waals surface area (Å²) in [4.78, 5) is 2.12. The Morgan fingerprint density at radius 2 is 1.70 bits per heavy atom. The highest BCUT2D eigenvalue weighted by atomic mass is 19.2. The first-order valence-electron chi connectivity index (χ1n) is 8.03. The molecule has 0 amide bonds. The summed E-state index contributed by atoms with van der Waals surface area (Å²) in [5.41, 5.74) is 1.34. The van der Waals surface area contributed by atoms with E-state index in [0.717, 1.165) is 37.6 Å². The number of aliphatic hydroxyl groups excluding tert-OH is 1. The lowest BCUT2D eigenvalue weighted by molar-refractivity contribution is 0.0564. The molecule has 1 heterocycles. The van der Waals surface area contributed by atoms with E-state index in [1.807, 2.05) is 30.3 Å². The summed E-state index contributed by atoms with van der Waals surface area (Å²) in [6.45, 7) is 1.98. The van der Waals surface area contributed by atoms with Crippen LogP contribution < -0.4 is 0 Å². The number of likely N-dealkylation sites (tertiary alicyclic amines) is 1. The first-order chi connectivity index (χ1) is 11.1. The molecule has 1 aliphatic rings. The van der Waals surface area contributed by atoms with Gasteiger partial charge < -0.3 is 5.11 Å². The van der Waals surface area contributed by atoms with Crippen molar-refractivity contribution in [1.29, 1.82) is 0 Å². The number of nitrogens with zero attached hydrogens (tertiary/aromatic N) is 1. The Morgan fingerprint density at radius 1 is 1.00 bits per heavy atom. The van der Waals surface area contributed by atoms with Crippen LogP contribution in [-0.4, -0.2) is 23.1 Å². The molecule has 4 heteroatoms. The van der Waals surface area contributed by atoms with Crippen LogP contribution in [0.3, 0.4) is 0 Å². The lowest BCUT2D eigenvalue weighted by atomic mass is 9.87. The van der Waals surface area contributed by atoms with Crippen molar-refractivity contribution < 1.29 is 13.9 Å². The van der Waals surface area contributed by atoms with Crippen molar-refractivity contribution in [1.82, 2.24) is 4.90 Å². The second-order valence-electron chi connectivity index (χ2n) is 6.18. The Kier molecular flexibility index (Phi) is 5.03. The van der Waals surface area contributed by atoms with Crippen molar-refractivity contribution in [3.05, 3.63) is 71.3 Å². The van der Waals surface area contributed by atoms with Crippen LogP contribution in [0.2, 0.25) is 0 Å². The second-order valence-corrected chi connectivity index (χ2v) is 6.18. The van der Waals surface area contributed by atoms with E-state index in [-0.39, 0.29) is 5.92 Å². The van der Waals surface area contributed by atoms with Crippen molar-refractivity contribution in [2.24, 2.45) is 5.92 Å². The van der Waals surface area contributed by atoms with E-state index in [4.69, 9.17) is 0 Å². The summed E-state index contributed by atoms with van der Waals surface area (Å²) in [7, 11) is 0. The highest BCUT2D eigenvalue weighted by Gasteiger charge is 2.26. The van der Waals surface area contributed by atoms with Gasteiger partial charge in [0.05, 0.1) is 6.10 Å². The fourth-order valence-corrected chi connectivity index (χ4v) is 3.26. The lowest BCUT2D eigenvalue weighted by Crippen LogP contribution is -2.35. The standard InChI is InChI=1S/C19H21F2NO/c20-17-8-4-7-16(18(17)21)13-22-11-9-15(10-12-22)19(23)14-5-2-1-3-6-14/h1-8,15,19,23H,9-13H2.